The smallest absolute Gasteiger partial charge is 0.0625 e. The molecule has 4 aliphatic rings. The molecule has 0 saturated heterocycles. The number of allylic oxidation sites excluding steroid dienone is 4. The van der Waals surface area contributed by atoms with Crippen molar-refractivity contribution in [3.8, 4) is 0 Å². The van der Waals surface area contributed by atoms with E-state index in [0.29, 0.717) is 22.3 Å². The van der Waals surface area contributed by atoms with E-state index in [1.807, 2.05) is 12.7 Å². The molecule has 1 nitrogen and oxygen atoms in total. The topological polar surface area (TPSA) is 9.23 Å². The maximum Gasteiger partial charge on any atom is 0.0625 e. The average Bonchev–Trinajstić information content (AvgIpc) is 2.99. The molecule has 4 aliphatic carbocycles. The van der Waals surface area contributed by atoms with Gasteiger partial charge < -0.3 is 4.74 Å². The summed E-state index contributed by atoms with van der Waals surface area (Å²) < 4.78 is 6.01. The van der Waals surface area contributed by atoms with Crippen LogP contribution in [0.25, 0.3) is 0 Å². The van der Waals surface area contributed by atoms with Crippen molar-refractivity contribution < 1.29 is 4.74 Å². The molecule has 0 amide bonds. The van der Waals surface area contributed by atoms with Gasteiger partial charge in [-0.3, -0.25) is 0 Å². The summed E-state index contributed by atoms with van der Waals surface area (Å²) in [6, 6.07) is 0. The summed E-state index contributed by atoms with van der Waals surface area (Å²) in [5.41, 5.74) is 4.93. The van der Waals surface area contributed by atoms with Gasteiger partial charge >= 0.3 is 0 Å². The number of ether oxygens (including phenoxy) is 1. The third-order valence-electron chi connectivity index (χ3n) is 12.0. The minimum atomic E-state index is 0.271. The van der Waals surface area contributed by atoms with Gasteiger partial charge in [0.2, 0.25) is 0 Å². The Morgan fingerprint density at radius 3 is 2.41 bits per heavy atom. The van der Waals surface area contributed by atoms with Gasteiger partial charge in [0.25, 0.3) is 0 Å². The Labute approximate surface area is 199 Å². The molecule has 1 heteroatoms. The van der Waals surface area contributed by atoms with Crippen molar-refractivity contribution in [3.63, 3.8) is 0 Å². The first-order chi connectivity index (χ1) is 14.9. The summed E-state index contributed by atoms with van der Waals surface area (Å²) in [5, 5.41) is 0. The largest absolute Gasteiger partial charge is 0.381 e. The fourth-order valence-electron chi connectivity index (χ4n) is 9.91. The zero-order chi connectivity index (χ0) is 23.5. The average molecular weight is 441 g/mol. The van der Waals surface area contributed by atoms with Crippen LogP contribution in [-0.4, -0.2) is 13.2 Å². The van der Waals surface area contributed by atoms with E-state index in [1.165, 1.54) is 63.4 Å². The summed E-state index contributed by atoms with van der Waals surface area (Å²) in [5.74, 6) is 3.26. The molecule has 0 aromatic heterocycles. The van der Waals surface area contributed by atoms with Crippen LogP contribution in [0.1, 0.15) is 113 Å². The Bertz CT molecular complexity index is 769. The standard InChI is InChI=1S/C31H52O/c1-21(2)11-10-12-22(3)23-15-19-31(8)25-13-14-26-28(4,5)27(32-9)17-18-29(26,6)24(25)16-20-30(23,31)7/h11,16,22-23,25-27H,10,12-15,17-20H2,1-9H3/t22-,23-,25-,26+,27+,29-,30-,31+/m1/s1. The highest BCUT2D eigenvalue weighted by molar-refractivity contribution is 5.32. The van der Waals surface area contributed by atoms with Crippen LogP contribution in [0, 0.1) is 45.3 Å². The van der Waals surface area contributed by atoms with Crippen molar-refractivity contribution in [2.75, 3.05) is 7.11 Å². The first kappa shape index (κ1) is 24.6. The van der Waals surface area contributed by atoms with E-state index in [0.717, 1.165) is 23.7 Å². The van der Waals surface area contributed by atoms with Gasteiger partial charge in [0, 0.05) is 7.11 Å². The third-order valence-corrected chi connectivity index (χ3v) is 12.0. The van der Waals surface area contributed by atoms with Gasteiger partial charge in [-0.2, -0.15) is 0 Å². The quantitative estimate of drug-likeness (QED) is 0.387. The molecule has 4 rings (SSSR count). The van der Waals surface area contributed by atoms with Crippen molar-refractivity contribution in [2.45, 2.75) is 119 Å². The zero-order valence-electron chi connectivity index (χ0n) is 22.8. The molecule has 8 atom stereocenters. The Morgan fingerprint density at radius 1 is 1.03 bits per heavy atom. The fourth-order valence-corrected chi connectivity index (χ4v) is 9.91. The highest BCUT2D eigenvalue weighted by Gasteiger charge is 2.65. The van der Waals surface area contributed by atoms with Gasteiger partial charge in [-0.15, -0.1) is 0 Å². The molecule has 0 heterocycles. The maximum atomic E-state index is 6.01. The molecule has 182 valence electrons. The Morgan fingerprint density at radius 2 is 1.75 bits per heavy atom. The Hall–Kier alpha value is -0.560. The van der Waals surface area contributed by atoms with Crippen molar-refractivity contribution >= 4 is 0 Å². The van der Waals surface area contributed by atoms with Gasteiger partial charge in [0.15, 0.2) is 0 Å². The number of rotatable bonds is 5. The van der Waals surface area contributed by atoms with Crippen LogP contribution < -0.4 is 0 Å². The second kappa shape index (κ2) is 8.28. The van der Waals surface area contributed by atoms with Crippen LogP contribution in [0.4, 0.5) is 0 Å². The van der Waals surface area contributed by atoms with Gasteiger partial charge in [-0.05, 0) is 117 Å². The monoisotopic (exact) mass is 440 g/mol. The maximum absolute atomic E-state index is 6.01. The molecule has 0 N–H and O–H groups in total. The van der Waals surface area contributed by atoms with Crippen molar-refractivity contribution in [1.29, 1.82) is 0 Å². The van der Waals surface area contributed by atoms with Crippen molar-refractivity contribution in [1.82, 2.24) is 0 Å². The van der Waals surface area contributed by atoms with E-state index in [-0.39, 0.29) is 5.41 Å². The van der Waals surface area contributed by atoms with E-state index in [4.69, 9.17) is 4.74 Å². The van der Waals surface area contributed by atoms with E-state index in [9.17, 15) is 0 Å². The lowest BCUT2D eigenvalue weighted by Gasteiger charge is -2.64. The molecular weight excluding hydrogens is 388 g/mol. The molecule has 0 aliphatic heterocycles. The molecule has 32 heavy (non-hydrogen) atoms. The molecule has 0 unspecified atom stereocenters. The first-order valence-corrected chi connectivity index (χ1v) is 13.8. The minimum absolute atomic E-state index is 0.271. The van der Waals surface area contributed by atoms with Crippen LogP contribution in [-0.2, 0) is 4.74 Å². The van der Waals surface area contributed by atoms with Crippen LogP contribution >= 0.6 is 0 Å². The van der Waals surface area contributed by atoms with Crippen LogP contribution in [0.3, 0.4) is 0 Å². The number of hydrogen-bond acceptors (Lipinski definition) is 1. The first-order valence-electron chi connectivity index (χ1n) is 13.8. The summed E-state index contributed by atoms with van der Waals surface area (Å²) in [6.07, 6.45) is 17.8. The molecular formula is C31H52O. The summed E-state index contributed by atoms with van der Waals surface area (Å²) >= 11 is 0. The molecule has 0 bridgehead atoms. The lowest BCUT2D eigenvalue weighted by Crippen LogP contribution is -2.58. The van der Waals surface area contributed by atoms with Gasteiger partial charge in [-0.1, -0.05) is 64.8 Å². The number of hydrogen-bond donors (Lipinski definition) is 0. The molecule has 3 saturated carbocycles. The molecule has 0 aromatic carbocycles. The summed E-state index contributed by atoms with van der Waals surface area (Å²) in [7, 11) is 1.94. The zero-order valence-corrected chi connectivity index (χ0v) is 22.8. The molecule has 0 aromatic rings. The Kier molecular flexibility index (Phi) is 6.36. The lowest BCUT2D eigenvalue weighted by molar-refractivity contribution is -0.130. The lowest BCUT2D eigenvalue weighted by atomic mass is 9.41. The fraction of sp³-hybridized carbons (Fsp3) is 0.871. The SMILES string of the molecule is CO[C@H]1CC[C@]2(C)C3=CC[C@]4(C)[C@@H]([C@H](C)CCC=C(C)C)CC[C@@]4(C)[C@@H]3CC[C@H]2C1(C)C. The van der Waals surface area contributed by atoms with Crippen LogP contribution in [0.15, 0.2) is 23.3 Å². The third kappa shape index (κ3) is 3.42. The van der Waals surface area contributed by atoms with E-state index < -0.39 is 0 Å². The normalized spacial score (nSPS) is 45.8. The van der Waals surface area contributed by atoms with Crippen molar-refractivity contribution in [2.24, 2.45) is 45.3 Å². The predicted octanol–water partition coefficient (Wildman–Crippen LogP) is 8.99. The summed E-state index contributed by atoms with van der Waals surface area (Å²) in [6.45, 7) is 20.1. The molecule has 0 spiro atoms. The number of methoxy groups -OCH3 is 1. The highest BCUT2D eigenvalue weighted by atomic mass is 16.5. The van der Waals surface area contributed by atoms with Gasteiger partial charge in [0.05, 0.1) is 6.10 Å². The second-order valence-electron chi connectivity index (χ2n) is 13.9. The van der Waals surface area contributed by atoms with Crippen LogP contribution in [0.2, 0.25) is 0 Å². The molecule has 3 fully saturated rings. The second-order valence-corrected chi connectivity index (χ2v) is 13.9. The molecule has 0 radical (unpaired) electrons. The van der Waals surface area contributed by atoms with Gasteiger partial charge in [0.1, 0.15) is 0 Å². The van der Waals surface area contributed by atoms with E-state index in [1.54, 1.807) is 0 Å². The van der Waals surface area contributed by atoms with E-state index >= 15 is 0 Å². The van der Waals surface area contributed by atoms with Crippen molar-refractivity contribution in [3.05, 3.63) is 23.3 Å². The highest BCUT2D eigenvalue weighted by Crippen LogP contribution is 2.73. The van der Waals surface area contributed by atoms with E-state index in [2.05, 4.69) is 67.5 Å². The Balaban J connectivity index is 1.62. The van der Waals surface area contributed by atoms with Crippen LogP contribution in [0.5, 0.6) is 0 Å². The van der Waals surface area contributed by atoms with Gasteiger partial charge in [-0.25, -0.2) is 0 Å². The minimum Gasteiger partial charge on any atom is -0.381 e. The predicted molar refractivity (Wildman–Crippen MR) is 138 cm³/mol. The summed E-state index contributed by atoms with van der Waals surface area (Å²) in [4.78, 5) is 0. The number of fused-ring (bicyclic) bond motifs is 5.